The van der Waals surface area contributed by atoms with Crippen LogP contribution < -0.4 is 0 Å². The highest BCUT2D eigenvalue weighted by atomic mass is 16.5. The molecule has 0 N–H and O–H groups in total. The maximum absolute atomic E-state index is 11.6. The number of nitriles is 1. The van der Waals surface area contributed by atoms with Gasteiger partial charge in [-0.2, -0.15) is 5.26 Å². The number of ether oxygens (including phenoxy) is 2. The van der Waals surface area contributed by atoms with E-state index in [-0.39, 0.29) is 11.9 Å². The van der Waals surface area contributed by atoms with Gasteiger partial charge in [0.15, 0.2) is 0 Å². The summed E-state index contributed by atoms with van der Waals surface area (Å²) in [5.41, 5.74) is 1.18. The second kappa shape index (κ2) is 8.58. The largest absolute Gasteiger partial charge is 0.504 e. The van der Waals surface area contributed by atoms with Crippen LogP contribution >= 0.6 is 0 Å². The van der Waals surface area contributed by atoms with Crippen LogP contribution in [0.2, 0.25) is 0 Å². The molecular formula is C15H23NO3. The highest BCUT2D eigenvalue weighted by molar-refractivity contribution is 5.70. The summed E-state index contributed by atoms with van der Waals surface area (Å²) in [7, 11) is 1.63. The molecule has 0 aromatic carbocycles. The Morgan fingerprint density at radius 1 is 1.47 bits per heavy atom. The summed E-state index contributed by atoms with van der Waals surface area (Å²) >= 11 is 0. The summed E-state index contributed by atoms with van der Waals surface area (Å²) in [4.78, 5) is 11.6. The molecule has 0 bridgehead atoms. The van der Waals surface area contributed by atoms with Crippen LogP contribution in [0.5, 0.6) is 0 Å². The average Bonchev–Trinajstić information content (AvgIpc) is 2.39. The van der Waals surface area contributed by atoms with Crippen LogP contribution in [0, 0.1) is 23.2 Å². The minimum Gasteiger partial charge on any atom is -0.504 e. The monoisotopic (exact) mass is 265 g/mol. The Morgan fingerprint density at radius 2 is 2.21 bits per heavy atom. The van der Waals surface area contributed by atoms with Crippen molar-refractivity contribution in [1.82, 2.24) is 0 Å². The molecular weight excluding hydrogens is 242 g/mol. The van der Waals surface area contributed by atoms with Crippen molar-refractivity contribution in [3.8, 4) is 6.07 Å². The molecule has 4 heteroatoms. The molecule has 0 aliphatic heterocycles. The molecule has 0 unspecified atom stereocenters. The third-order valence-electron chi connectivity index (χ3n) is 3.62. The average molecular weight is 265 g/mol. The van der Waals surface area contributed by atoms with Gasteiger partial charge in [-0.15, -0.1) is 0 Å². The molecule has 1 rings (SSSR count). The molecule has 0 saturated heterocycles. The molecule has 0 amide bonds. The molecule has 1 aliphatic rings. The Hall–Kier alpha value is -1.50. The Morgan fingerprint density at radius 3 is 2.84 bits per heavy atom. The predicted molar refractivity (Wildman–Crippen MR) is 72.0 cm³/mol. The summed E-state index contributed by atoms with van der Waals surface area (Å²) in [6.45, 7) is 2.24. The molecule has 19 heavy (non-hydrogen) atoms. The number of methoxy groups -OCH3 is 1. The fourth-order valence-electron chi connectivity index (χ4n) is 2.80. The van der Waals surface area contributed by atoms with E-state index >= 15 is 0 Å². The summed E-state index contributed by atoms with van der Waals surface area (Å²) in [5, 5.41) is 8.72. The summed E-state index contributed by atoms with van der Waals surface area (Å²) < 4.78 is 10.2. The van der Waals surface area contributed by atoms with Gasteiger partial charge in [0, 0.05) is 6.42 Å². The van der Waals surface area contributed by atoms with Crippen LogP contribution in [0.1, 0.15) is 45.4 Å². The van der Waals surface area contributed by atoms with E-state index in [1.54, 1.807) is 13.4 Å². The van der Waals surface area contributed by atoms with Crippen molar-refractivity contribution in [3.63, 3.8) is 0 Å². The molecule has 1 saturated carbocycles. The minimum atomic E-state index is -0.143. The van der Waals surface area contributed by atoms with Gasteiger partial charge in [0.1, 0.15) is 0 Å². The van der Waals surface area contributed by atoms with Crippen molar-refractivity contribution in [2.24, 2.45) is 11.8 Å². The lowest BCUT2D eigenvalue weighted by molar-refractivity contribution is -0.144. The summed E-state index contributed by atoms with van der Waals surface area (Å²) in [6, 6.07) is 2.19. The van der Waals surface area contributed by atoms with E-state index in [1.165, 1.54) is 5.57 Å². The van der Waals surface area contributed by atoms with Gasteiger partial charge in [-0.25, -0.2) is 0 Å². The van der Waals surface area contributed by atoms with Crippen LogP contribution in [-0.4, -0.2) is 19.7 Å². The molecule has 0 spiro atoms. The zero-order chi connectivity index (χ0) is 14.1. The van der Waals surface area contributed by atoms with Crippen molar-refractivity contribution in [3.05, 3.63) is 11.8 Å². The van der Waals surface area contributed by atoms with Gasteiger partial charge in [-0.05, 0) is 43.6 Å². The van der Waals surface area contributed by atoms with Crippen LogP contribution in [-0.2, 0) is 14.3 Å². The number of carbonyl (C=O) groups is 1. The maximum atomic E-state index is 11.6. The molecule has 0 aromatic heterocycles. The van der Waals surface area contributed by atoms with E-state index in [0.717, 1.165) is 25.7 Å². The Kier molecular flexibility index (Phi) is 7.02. The van der Waals surface area contributed by atoms with E-state index in [9.17, 15) is 4.79 Å². The van der Waals surface area contributed by atoms with Crippen LogP contribution in [0.15, 0.2) is 11.8 Å². The van der Waals surface area contributed by atoms with Crippen molar-refractivity contribution in [1.29, 1.82) is 5.26 Å². The number of esters is 1. The van der Waals surface area contributed by atoms with Crippen molar-refractivity contribution >= 4 is 5.97 Å². The van der Waals surface area contributed by atoms with Gasteiger partial charge in [0.25, 0.3) is 0 Å². The lowest BCUT2D eigenvalue weighted by Gasteiger charge is -2.31. The molecule has 1 aliphatic carbocycles. The highest BCUT2D eigenvalue weighted by Crippen LogP contribution is 2.38. The Balaban J connectivity index is 2.70. The van der Waals surface area contributed by atoms with E-state index < -0.39 is 0 Å². The zero-order valence-corrected chi connectivity index (χ0v) is 11.9. The van der Waals surface area contributed by atoms with Crippen LogP contribution in [0.25, 0.3) is 0 Å². The van der Waals surface area contributed by atoms with E-state index in [0.29, 0.717) is 25.4 Å². The topological polar surface area (TPSA) is 59.3 Å². The molecule has 2 atom stereocenters. The first-order valence-electron chi connectivity index (χ1n) is 6.98. The van der Waals surface area contributed by atoms with E-state index in [1.807, 2.05) is 6.92 Å². The molecule has 0 aromatic rings. The third-order valence-corrected chi connectivity index (χ3v) is 3.62. The number of rotatable bonds is 6. The van der Waals surface area contributed by atoms with Gasteiger partial charge >= 0.3 is 5.97 Å². The maximum Gasteiger partial charge on any atom is 0.306 e. The van der Waals surface area contributed by atoms with Crippen molar-refractivity contribution in [2.75, 3.05) is 13.7 Å². The third kappa shape index (κ3) is 4.94. The number of nitrogens with zero attached hydrogens (tertiary/aromatic N) is 1. The minimum absolute atomic E-state index is 0.143. The van der Waals surface area contributed by atoms with Crippen molar-refractivity contribution in [2.45, 2.75) is 45.4 Å². The Labute approximate surface area is 115 Å². The lowest BCUT2D eigenvalue weighted by Crippen LogP contribution is -2.23. The smallest absolute Gasteiger partial charge is 0.306 e. The van der Waals surface area contributed by atoms with E-state index in [4.69, 9.17) is 14.7 Å². The van der Waals surface area contributed by atoms with Gasteiger partial charge in [-0.3, -0.25) is 4.79 Å². The second-order valence-corrected chi connectivity index (χ2v) is 4.88. The zero-order valence-electron chi connectivity index (χ0n) is 11.9. The van der Waals surface area contributed by atoms with Gasteiger partial charge in [-0.1, -0.05) is 6.42 Å². The first-order valence-corrected chi connectivity index (χ1v) is 6.98. The van der Waals surface area contributed by atoms with Gasteiger partial charge in [0.2, 0.25) is 0 Å². The molecule has 4 nitrogen and oxygen atoms in total. The summed E-state index contributed by atoms with van der Waals surface area (Å²) in [6.07, 6.45) is 6.77. The van der Waals surface area contributed by atoms with Gasteiger partial charge < -0.3 is 9.47 Å². The first kappa shape index (κ1) is 15.6. The highest BCUT2D eigenvalue weighted by Gasteiger charge is 2.29. The summed E-state index contributed by atoms with van der Waals surface area (Å²) in [5.74, 6) is 0.430. The fraction of sp³-hybridized carbons (Fsp3) is 0.733. The predicted octanol–water partition coefficient (Wildman–Crippen LogP) is 3.19. The van der Waals surface area contributed by atoms with E-state index in [2.05, 4.69) is 6.07 Å². The van der Waals surface area contributed by atoms with Gasteiger partial charge in [0.05, 0.1) is 32.5 Å². The normalized spacial score (nSPS) is 24.8. The number of hydrogen-bond donors (Lipinski definition) is 0. The Bertz CT molecular complexity index is 357. The standard InChI is InChI=1S/C15H23NO3/c1-3-19-15(17)10-13-7-4-6-12(8-5-9-16)14(13)11-18-2/h11-13H,3-8,10H2,1-2H3/b14-11+/t12-,13+/m0/s1. The molecule has 1 fully saturated rings. The number of carbonyl (C=O) groups excluding carboxylic acids is 1. The lowest BCUT2D eigenvalue weighted by atomic mass is 9.74. The number of hydrogen-bond acceptors (Lipinski definition) is 4. The molecule has 106 valence electrons. The molecule has 0 heterocycles. The quantitative estimate of drug-likeness (QED) is 0.546. The van der Waals surface area contributed by atoms with Crippen molar-refractivity contribution < 1.29 is 14.3 Å². The first-order chi connectivity index (χ1) is 9.22. The molecule has 0 radical (unpaired) electrons. The SMILES string of the molecule is CCOC(=O)C[C@H]1CCC[C@@H](CCC#N)/C1=C\OC. The second-order valence-electron chi connectivity index (χ2n) is 4.88. The van der Waals surface area contributed by atoms with Crippen LogP contribution in [0.3, 0.4) is 0 Å². The number of allylic oxidation sites excluding steroid dienone is 1. The van der Waals surface area contributed by atoms with Crippen LogP contribution in [0.4, 0.5) is 0 Å². The fourth-order valence-corrected chi connectivity index (χ4v) is 2.80.